The van der Waals surface area contributed by atoms with Crippen molar-refractivity contribution >= 4 is 23.1 Å². The molecule has 1 fully saturated rings. The zero-order chi connectivity index (χ0) is 19.3. The average Bonchev–Trinajstić information content (AvgIpc) is 3.08. The predicted octanol–water partition coefficient (Wildman–Crippen LogP) is 2.81. The van der Waals surface area contributed by atoms with Gasteiger partial charge in [0.15, 0.2) is 10.8 Å². The SMILES string of the molecule is O=c1[nH]c(=S)n(C2CCCCC2)c(O)c1[C@H]1[NH2+]CCc2c1[nH]c1ccccc21. The summed E-state index contributed by atoms with van der Waals surface area (Å²) in [7, 11) is 0. The van der Waals surface area contributed by atoms with Crippen molar-refractivity contribution in [2.24, 2.45) is 0 Å². The number of fused-ring (bicyclic) bond motifs is 3. The first-order chi connectivity index (χ1) is 13.6. The van der Waals surface area contributed by atoms with Crippen LogP contribution in [0.25, 0.3) is 10.9 Å². The van der Waals surface area contributed by atoms with Gasteiger partial charge in [-0.15, -0.1) is 0 Å². The highest BCUT2D eigenvalue weighted by Crippen LogP contribution is 2.36. The highest BCUT2D eigenvalue weighted by Gasteiger charge is 2.34. The highest BCUT2D eigenvalue weighted by atomic mass is 32.1. The molecule has 1 aliphatic heterocycles. The summed E-state index contributed by atoms with van der Waals surface area (Å²) in [4.78, 5) is 19.2. The quantitative estimate of drug-likeness (QED) is 0.501. The van der Waals surface area contributed by atoms with Crippen molar-refractivity contribution in [3.05, 3.63) is 56.2 Å². The van der Waals surface area contributed by atoms with Crippen molar-refractivity contribution in [2.45, 2.75) is 50.6 Å². The maximum atomic E-state index is 12.9. The predicted molar refractivity (Wildman–Crippen MR) is 110 cm³/mol. The van der Waals surface area contributed by atoms with E-state index >= 15 is 0 Å². The molecule has 0 amide bonds. The van der Waals surface area contributed by atoms with E-state index < -0.39 is 0 Å². The van der Waals surface area contributed by atoms with E-state index in [-0.39, 0.29) is 23.5 Å². The molecule has 146 valence electrons. The van der Waals surface area contributed by atoms with E-state index in [0.29, 0.717) is 10.3 Å². The molecule has 0 unspecified atom stereocenters. The van der Waals surface area contributed by atoms with E-state index in [9.17, 15) is 9.90 Å². The first-order valence-corrected chi connectivity index (χ1v) is 10.6. The maximum absolute atomic E-state index is 12.9. The van der Waals surface area contributed by atoms with Gasteiger partial charge in [0.05, 0.1) is 12.2 Å². The number of aromatic hydroxyl groups is 1. The summed E-state index contributed by atoms with van der Waals surface area (Å²) in [5, 5.41) is 14.5. The Morgan fingerprint density at radius 1 is 1.14 bits per heavy atom. The number of hydrogen-bond acceptors (Lipinski definition) is 3. The van der Waals surface area contributed by atoms with Crippen LogP contribution in [-0.4, -0.2) is 26.2 Å². The first kappa shape index (κ1) is 17.7. The van der Waals surface area contributed by atoms with Crippen LogP contribution in [0.3, 0.4) is 0 Å². The van der Waals surface area contributed by atoms with Gasteiger partial charge in [-0.3, -0.25) is 14.3 Å². The molecular formula is C21H25N4O2S+. The first-order valence-electron chi connectivity index (χ1n) is 10.2. The summed E-state index contributed by atoms with van der Waals surface area (Å²) in [5.74, 6) is 0.0356. The summed E-state index contributed by atoms with van der Waals surface area (Å²) in [6, 6.07) is 8.12. The minimum atomic E-state index is -0.290. The van der Waals surface area contributed by atoms with Crippen molar-refractivity contribution in [1.29, 1.82) is 0 Å². The molecule has 0 saturated heterocycles. The molecule has 28 heavy (non-hydrogen) atoms. The zero-order valence-electron chi connectivity index (χ0n) is 15.7. The van der Waals surface area contributed by atoms with E-state index in [1.54, 1.807) is 4.57 Å². The lowest BCUT2D eigenvalue weighted by Crippen LogP contribution is -2.87. The molecule has 3 aromatic rings. The van der Waals surface area contributed by atoms with Crippen LogP contribution < -0.4 is 10.9 Å². The number of para-hydroxylation sites is 1. The number of nitrogens with two attached hydrogens (primary N) is 1. The van der Waals surface area contributed by atoms with Crippen LogP contribution in [0.1, 0.15) is 61.0 Å². The Labute approximate surface area is 167 Å². The Morgan fingerprint density at radius 3 is 2.75 bits per heavy atom. The van der Waals surface area contributed by atoms with Gasteiger partial charge in [0, 0.05) is 23.4 Å². The Balaban J connectivity index is 1.69. The summed E-state index contributed by atoms with van der Waals surface area (Å²) in [5.41, 5.74) is 3.45. The molecule has 1 saturated carbocycles. The fraction of sp³-hybridized carbons (Fsp3) is 0.429. The Kier molecular flexibility index (Phi) is 4.36. The van der Waals surface area contributed by atoms with Crippen LogP contribution in [-0.2, 0) is 6.42 Å². The summed E-state index contributed by atoms with van der Waals surface area (Å²) >= 11 is 5.43. The molecule has 0 spiro atoms. The summed E-state index contributed by atoms with van der Waals surface area (Å²) in [6.45, 7) is 0.872. The molecule has 1 aliphatic carbocycles. The number of rotatable bonds is 2. The van der Waals surface area contributed by atoms with E-state index in [1.165, 1.54) is 17.4 Å². The third-order valence-corrected chi connectivity index (χ3v) is 6.66. The molecule has 0 bridgehead atoms. The molecule has 2 aromatic heterocycles. The molecule has 1 aromatic carbocycles. The summed E-state index contributed by atoms with van der Waals surface area (Å²) < 4.78 is 2.11. The number of hydrogen-bond donors (Lipinski definition) is 4. The minimum absolute atomic E-state index is 0.0356. The average molecular weight is 398 g/mol. The van der Waals surface area contributed by atoms with Gasteiger partial charge in [0.2, 0.25) is 5.88 Å². The van der Waals surface area contributed by atoms with Crippen molar-refractivity contribution in [3.8, 4) is 5.88 Å². The monoisotopic (exact) mass is 397 g/mol. The Hall–Kier alpha value is -2.38. The maximum Gasteiger partial charge on any atom is 0.265 e. The highest BCUT2D eigenvalue weighted by molar-refractivity contribution is 7.71. The van der Waals surface area contributed by atoms with Crippen LogP contribution in [0, 0.1) is 4.77 Å². The van der Waals surface area contributed by atoms with Gasteiger partial charge in [0.25, 0.3) is 5.56 Å². The van der Waals surface area contributed by atoms with Crippen molar-refractivity contribution in [2.75, 3.05) is 6.54 Å². The number of nitrogens with zero attached hydrogens (tertiary/aromatic N) is 1. The van der Waals surface area contributed by atoms with Gasteiger partial charge in [-0.25, -0.2) is 0 Å². The second-order valence-electron chi connectivity index (χ2n) is 7.97. The summed E-state index contributed by atoms with van der Waals surface area (Å²) in [6.07, 6.45) is 6.38. The van der Waals surface area contributed by atoms with Crippen LogP contribution in [0.4, 0.5) is 0 Å². The number of aromatic nitrogens is 3. The molecule has 1 atom stereocenters. The Bertz CT molecular complexity index is 1150. The molecule has 7 heteroatoms. The third-order valence-electron chi connectivity index (χ3n) is 6.36. The van der Waals surface area contributed by atoms with E-state index in [0.717, 1.165) is 49.9 Å². The molecule has 0 radical (unpaired) electrons. The lowest BCUT2D eigenvalue weighted by Gasteiger charge is -2.28. The Morgan fingerprint density at radius 2 is 1.93 bits per heavy atom. The molecule has 3 heterocycles. The second kappa shape index (κ2) is 6.90. The number of aromatic amines is 2. The number of H-pyrrole nitrogens is 2. The van der Waals surface area contributed by atoms with E-state index in [2.05, 4.69) is 27.4 Å². The standard InChI is InChI=1S/C21H24N4O2S/c26-19-16(20(27)25(21(28)24-19)12-6-2-1-3-7-12)18-17-14(10-11-22-18)13-8-4-5-9-15(13)23-17/h4-5,8-9,12,18,22-23,27H,1-3,6-7,10-11H2,(H,24,26,28)/p+1/t18-/m1/s1. The largest absolute Gasteiger partial charge is 0.494 e. The van der Waals surface area contributed by atoms with Crippen LogP contribution in [0.15, 0.2) is 29.1 Å². The van der Waals surface area contributed by atoms with E-state index in [1.807, 2.05) is 12.1 Å². The van der Waals surface area contributed by atoms with Gasteiger partial charge in [-0.05, 0) is 36.7 Å². The van der Waals surface area contributed by atoms with Crippen molar-refractivity contribution < 1.29 is 10.4 Å². The van der Waals surface area contributed by atoms with Crippen molar-refractivity contribution in [3.63, 3.8) is 0 Å². The molecule has 5 N–H and O–H groups in total. The molecular weight excluding hydrogens is 372 g/mol. The fourth-order valence-electron chi connectivity index (χ4n) is 5.04. The second-order valence-corrected chi connectivity index (χ2v) is 8.36. The van der Waals surface area contributed by atoms with Crippen LogP contribution in [0.2, 0.25) is 0 Å². The molecule has 6 nitrogen and oxygen atoms in total. The number of benzene rings is 1. The lowest BCUT2D eigenvalue weighted by atomic mass is 9.93. The third kappa shape index (κ3) is 2.72. The molecule has 5 rings (SSSR count). The fourth-order valence-corrected chi connectivity index (χ4v) is 5.37. The number of quaternary nitrogens is 1. The smallest absolute Gasteiger partial charge is 0.265 e. The van der Waals surface area contributed by atoms with Gasteiger partial charge in [-0.1, -0.05) is 37.5 Å². The van der Waals surface area contributed by atoms with Gasteiger partial charge >= 0.3 is 0 Å². The van der Waals surface area contributed by atoms with Crippen molar-refractivity contribution in [1.82, 2.24) is 14.5 Å². The lowest BCUT2D eigenvalue weighted by molar-refractivity contribution is -0.690. The topological polar surface area (TPSA) is 90.4 Å². The van der Waals surface area contributed by atoms with E-state index in [4.69, 9.17) is 12.2 Å². The van der Waals surface area contributed by atoms with Gasteiger partial charge in [0.1, 0.15) is 5.56 Å². The minimum Gasteiger partial charge on any atom is -0.494 e. The number of nitrogens with one attached hydrogen (secondary N) is 2. The van der Waals surface area contributed by atoms with Crippen LogP contribution in [0.5, 0.6) is 5.88 Å². The van der Waals surface area contributed by atoms with Crippen LogP contribution >= 0.6 is 12.2 Å². The van der Waals surface area contributed by atoms with Gasteiger partial charge < -0.3 is 15.4 Å². The zero-order valence-corrected chi connectivity index (χ0v) is 16.5. The molecule has 2 aliphatic rings. The normalized spacial score (nSPS) is 20.4. The van der Waals surface area contributed by atoms with Gasteiger partial charge in [-0.2, -0.15) is 0 Å².